The number of rotatable bonds is 5. The monoisotopic (exact) mass is 282 g/mol. The summed E-state index contributed by atoms with van der Waals surface area (Å²) in [5.41, 5.74) is 5.18. The molecule has 3 unspecified atom stereocenters. The van der Waals surface area contributed by atoms with Gasteiger partial charge in [-0.15, -0.1) is 0 Å². The Morgan fingerprint density at radius 3 is 2.80 bits per heavy atom. The molecule has 3 atom stereocenters. The van der Waals surface area contributed by atoms with Crippen LogP contribution in [0.4, 0.5) is 0 Å². The number of hydrogen-bond acceptors (Lipinski definition) is 3. The van der Waals surface area contributed by atoms with Gasteiger partial charge in [0.1, 0.15) is 5.54 Å². The highest BCUT2D eigenvalue weighted by atomic mass is 16.4. The first kappa shape index (κ1) is 15.8. The minimum atomic E-state index is -0.965. The van der Waals surface area contributed by atoms with Crippen LogP contribution in [0.1, 0.15) is 64.7 Å². The molecule has 116 valence electrons. The van der Waals surface area contributed by atoms with Gasteiger partial charge in [-0.25, -0.2) is 0 Å². The Kier molecular flexibility index (Phi) is 5.44. The smallest absolute Gasteiger partial charge is 0.323 e. The van der Waals surface area contributed by atoms with Crippen LogP contribution in [0.5, 0.6) is 0 Å². The van der Waals surface area contributed by atoms with Crippen LogP contribution in [-0.2, 0) is 4.79 Å². The van der Waals surface area contributed by atoms with Gasteiger partial charge in [-0.05, 0) is 57.5 Å². The molecule has 4 heteroatoms. The van der Waals surface area contributed by atoms with E-state index in [1.165, 1.54) is 38.6 Å². The van der Waals surface area contributed by atoms with E-state index in [-0.39, 0.29) is 5.92 Å². The summed E-state index contributed by atoms with van der Waals surface area (Å²) in [7, 11) is 0. The Morgan fingerprint density at radius 1 is 1.30 bits per heavy atom. The lowest BCUT2D eigenvalue weighted by atomic mass is 9.85. The first-order chi connectivity index (χ1) is 9.58. The van der Waals surface area contributed by atoms with Crippen LogP contribution in [0.3, 0.4) is 0 Å². The van der Waals surface area contributed by atoms with Crippen LogP contribution >= 0.6 is 0 Å². The molecule has 2 aliphatic rings. The molecule has 1 aliphatic carbocycles. The normalized spacial score (nSPS) is 35.9. The maximum atomic E-state index is 11.4. The molecule has 2 rings (SSSR count). The molecule has 2 fully saturated rings. The SMILES string of the molecule is CCC1CCCCCN1CCC1CCCC1(N)C(=O)O. The summed E-state index contributed by atoms with van der Waals surface area (Å²) >= 11 is 0. The first-order valence-electron chi connectivity index (χ1n) is 8.34. The predicted octanol–water partition coefficient (Wildman–Crippen LogP) is 2.61. The van der Waals surface area contributed by atoms with Gasteiger partial charge in [0.25, 0.3) is 0 Å². The van der Waals surface area contributed by atoms with Crippen molar-refractivity contribution in [1.29, 1.82) is 0 Å². The highest BCUT2D eigenvalue weighted by Gasteiger charge is 2.45. The van der Waals surface area contributed by atoms with Crippen molar-refractivity contribution in [3.05, 3.63) is 0 Å². The van der Waals surface area contributed by atoms with E-state index in [0.717, 1.165) is 25.8 Å². The van der Waals surface area contributed by atoms with Crippen LogP contribution in [-0.4, -0.2) is 40.6 Å². The van der Waals surface area contributed by atoms with Gasteiger partial charge in [-0.2, -0.15) is 0 Å². The lowest BCUT2D eigenvalue weighted by molar-refractivity contribution is -0.144. The van der Waals surface area contributed by atoms with Crippen LogP contribution in [0.15, 0.2) is 0 Å². The van der Waals surface area contributed by atoms with Crippen molar-refractivity contribution in [2.45, 2.75) is 76.3 Å². The predicted molar refractivity (Wildman–Crippen MR) is 80.6 cm³/mol. The molecule has 0 amide bonds. The fourth-order valence-corrected chi connectivity index (χ4v) is 4.10. The number of nitrogens with two attached hydrogens (primary N) is 1. The highest BCUT2D eigenvalue weighted by molar-refractivity contribution is 5.79. The molecule has 3 N–H and O–H groups in total. The van der Waals surface area contributed by atoms with Crippen molar-refractivity contribution in [3.8, 4) is 0 Å². The van der Waals surface area contributed by atoms with E-state index < -0.39 is 11.5 Å². The van der Waals surface area contributed by atoms with Gasteiger partial charge < -0.3 is 15.7 Å². The van der Waals surface area contributed by atoms with E-state index in [2.05, 4.69) is 11.8 Å². The van der Waals surface area contributed by atoms with Crippen molar-refractivity contribution in [2.24, 2.45) is 11.7 Å². The van der Waals surface area contributed by atoms with Gasteiger partial charge >= 0.3 is 5.97 Å². The Bertz CT molecular complexity index is 334. The second kappa shape index (κ2) is 6.90. The molecular weight excluding hydrogens is 252 g/mol. The van der Waals surface area contributed by atoms with E-state index in [0.29, 0.717) is 12.5 Å². The van der Waals surface area contributed by atoms with Crippen LogP contribution in [0, 0.1) is 5.92 Å². The number of nitrogens with zero attached hydrogens (tertiary/aromatic N) is 1. The van der Waals surface area contributed by atoms with E-state index in [4.69, 9.17) is 5.73 Å². The summed E-state index contributed by atoms with van der Waals surface area (Å²) in [4.78, 5) is 14.0. The Hall–Kier alpha value is -0.610. The average Bonchev–Trinajstić information content (AvgIpc) is 2.68. The Balaban J connectivity index is 1.91. The summed E-state index contributed by atoms with van der Waals surface area (Å²) in [6.07, 6.45) is 10.0. The molecule has 0 radical (unpaired) electrons. The first-order valence-corrected chi connectivity index (χ1v) is 8.34. The minimum Gasteiger partial charge on any atom is -0.480 e. The number of aliphatic carboxylic acids is 1. The van der Waals surface area contributed by atoms with Gasteiger partial charge in [-0.1, -0.05) is 26.2 Å². The molecule has 4 nitrogen and oxygen atoms in total. The van der Waals surface area contributed by atoms with Gasteiger partial charge in [0.15, 0.2) is 0 Å². The molecule has 1 heterocycles. The van der Waals surface area contributed by atoms with E-state index in [9.17, 15) is 9.90 Å². The van der Waals surface area contributed by atoms with Gasteiger partial charge in [0, 0.05) is 6.04 Å². The summed E-state index contributed by atoms with van der Waals surface area (Å²) in [6, 6.07) is 0.691. The van der Waals surface area contributed by atoms with Crippen molar-refractivity contribution in [1.82, 2.24) is 4.90 Å². The summed E-state index contributed by atoms with van der Waals surface area (Å²) in [5, 5.41) is 9.38. The highest BCUT2D eigenvalue weighted by Crippen LogP contribution is 2.36. The maximum Gasteiger partial charge on any atom is 0.323 e. The van der Waals surface area contributed by atoms with E-state index >= 15 is 0 Å². The fourth-order valence-electron chi connectivity index (χ4n) is 4.10. The summed E-state index contributed by atoms with van der Waals surface area (Å²) in [5.74, 6) is -0.649. The van der Waals surface area contributed by atoms with Crippen LogP contribution in [0.2, 0.25) is 0 Å². The van der Waals surface area contributed by atoms with Crippen molar-refractivity contribution >= 4 is 5.97 Å². The third kappa shape index (κ3) is 3.34. The van der Waals surface area contributed by atoms with Gasteiger partial charge in [0.05, 0.1) is 0 Å². The molecule has 0 bridgehead atoms. The number of carbonyl (C=O) groups is 1. The molecule has 20 heavy (non-hydrogen) atoms. The Morgan fingerprint density at radius 2 is 2.10 bits per heavy atom. The van der Waals surface area contributed by atoms with Gasteiger partial charge in [0.2, 0.25) is 0 Å². The van der Waals surface area contributed by atoms with Crippen LogP contribution < -0.4 is 5.73 Å². The molecule has 1 saturated carbocycles. The number of hydrogen-bond donors (Lipinski definition) is 2. The van der Waals surface area contributed by atoms with E-state index in [1.54, 1.807) is 0 Å². The molecule has 0 aromatic heterocycles. The molecule has 0 spiro atoms. The maximum absolute atomic E-state index is 11.4. The van der Waals surface area contributed by atoms with Crippen molar-refractivity contribution in [2.75, 3.05) is 13.1 Å². The van der Waals surface area contributed by atoms with Crippen molar-refractivity contribution in [3.63, 3.8) is 0 Å². The molecular formula is C16H30N2O2. The second-order valence-corrected chi connectivity index (χ2v) is 6.67. The third-order valence-corrected chi connectivity index (χ3v) is 5.50. The van der Waals surface area contributed by atoms with E-state index in [1.807, 2.05) is 0 Å². The third-order valence-electron chi connectivity index (χ3n) is 5.50. The average molecular weight is 282 g/mol. The summed E-state index contributed by atoms with van der Waals surface area (Å²) < 4.78 is 0. The molecule has 1 saturated heterocycles. The molecule has 0 aromatic carbocycles. The summed E-state index contributed by atoms with van der Waals surface area (Å²) in [6.45, 7) is 4.47. The lowest BCUT2D eigenvalue weighted by Gasteiger charge is -2.33. The topological polar surface area (TPSA) is 66.6 Å². The minimum absolute atomic E-state index is 0.153. The zero-order chi connectivity index (χ0) is 14.6. The molecule has 0 aromatic rings. The standard InChI is InChI=1S/C16H30N2O2/c1-2-14-8-4-3-5-11-18(14)12-9-13-7-6-10-16(13,17)15(19)20/h13-14H,2-12,17H2,1H3,(H,19,20). The number of likely N-dealkylation sites (tertiary alicyclic amines) is 1. The largest absolute Gasteiger partial charge is 0.480 e. The number of carboxylic acids is 1. The van der Waals surface area contributed by atoms with Crippen LogP contribution in [0.25, 0.3) is 0 Å². The second-order valence-electron chi connectivity index (χ2n) is 6.67. The van der Waals surface area contributed by atoms with Crippen molar-refractivity contribution < 1.29 is 9.90 Å². The fraction of sp³-hybridized carbons (Fsp3) is 0.938. The molecule has 1 aliphatic heterocycles. The lowest BCUT2D eigenvalue weighted by Crippen LogP contribution is -2.51. The number of carboxylic acid groups (broad SMARTS) is 1. The quantitative estimate of drug-likeness (QED) is 0.813. The zero-order valence-electron chi connectivity index (χ0n) is 12.8. The van der Waals surface area contributed by atoms with Gasteiger partial charge in [-0.3, -0.25) is 4.79 Å². The zero-order valence-corrected chi connectivity index (χ0v) is 12.8. The Labute approximate surface area is 122 Å².